The van der Waals surface area contributed by atoms with E-state index >= 15 is 0 Å². The molecule has 0 aliphatic heterocycles. The summed E-state index contributed by atoms with van der Waals surface area (Å²) in [6.07, 6.45) is 3.77. The van der Waals surface area contributed by atoms with Crippen molar-refractivity contribution in [3.8, 4) is 0 Å². The minimum absolute atomic E-state index is 0.211. The highest BCUT2D eigenvalue weighted by molar-refractivity contribution is 5.86. The smallest absolute Gasteiger partial charge is 0.237 e. The van der Waals surface area contributed by atoms with Gasteiger partial charge >= 0.3 is 0 Å². The zero-order valence-electron chi connectivity index (χ0n) is 11.3. The van der Waals surface area contributed by atoms with Crippen LogP contribution in [0.2, 0.25) is 0 Å². The normalized spacial score (nSPS) is 12.4. The first-order chi connectivity index (χ1) is 10.2. The molecule has 0 bridgehead atoms. The van der Waals surface area contributed by atoms with Gasteiger partial charge in [0, 0.05) is 17.1 Å². The molecule has 0 aliphatic carbocycles. The van der Waals surface area contributed by atoms with Crippen molar-refractivity contribution in [3.63, 3.8) is 0 Å². The molecule has 0 saturated heterocycles. The van der Waals surface area contributed by atoms with Crippen molar-refractivity contribution < 1.29 is 4.79 Å². The van der Waals surface area contributed by atoms with Gasteiger partial charge in [-0.3, -0.25) is 9.89 Å². The van der Waals surface area contributed by atoms with Crippen molar-refractivity contribution >= 4 is 16.8 Å². The second kappa shape index (κ2) is 5.76. The molecule has 7 heteroatoms. The topological polar surface area (TPSA) is 112 Å². The monoisotopic (exact) mass is 284 g/mol. The van der Waals surface area contributed by atoms with Crippen LogP contribution in [0.3, 0.4) is 0 Å². The first-order valence-electron chi connectivity index (χ1n) is 6.66. The molecule has 2 aromatic heterocycles. The number of rotatable bonds is 5. The van der Waals surface area contributed by atoms with Crippen LogP contribution in [0.25, 0.3) is 10.9 Å². The number of benzene rings is 1. The van der Waals surface area contributed by atoms with Gasteiger partial charge in [0.2, 0.25) is 5.91 Å². The lowest BCUT2D eigenvalue weighted by Crippen LogP contribution is -2.41. The summed E-state index contributed by atoms with van der Waals surface area (Å²) >= 11 is 0. The Morgan fingerprint density at radius 1 is 1.38 bits per heavy atom. The molecular formula is C14H16N6O. The largest absolute Gasteiger partial charge is 0.361 e. The highest BCUT2D eigenvalue weighted by atomic mass is 16.2. The van der Waals surface area contributed by atoms with Gasteiger partial charge in [-0.2, -0.15) is 5.10 Å². The Labute approximate surface area is 121 Å². The van der Waals surface area contributed by atoms with Crippen LogP contribution in [0.4, 0.5) is 0 Å². The summed E-state index contributed by atoms with van der Waals surface area (Å²) in [5.41, 5.74) is 8.05. The van der Waals surface area contributed by atoms with Crippen molar-refractivity contribution in [1.82, 2.24) is 25.5 Å². The Hall–Kier alpha value is -2.67. The molecule has 5 N–H and O–H groups in total. The molecule has 0 saturated carbocycles. The molecule has 7 nitrogen and oxygen atoms in total. The SMILES string of the molecule is N[C@@H](Cc1c[nH]c2ccccc12)C(=O)NCc1ncn[nH]1. The third kappa shape index (κ3) is 2.92. The molecule has 21 heavy (non-hydrogen) atoms. The van der Waals surface area contributed by atoms with E-state index in [9.17, 15) is 4.79 Å². The standard InChI is InChI=1S/C14H16N6O/c15-11(14(21)17-7-13-18-8-19-20-13)5-9-6-16-12-4-2-1-3-10(9)12/h1-4,6,8,11,16H,5,7,15H2,(H,17,21)(H,18,19,20)/t11-/m0/s1. The van der Waals surface area contributed by atoms with Gasteiger partial charge in [0.25, 0.3) is 0 Å². The summed E-state index contributed by atoms with van der Waals surface area (Å²) in [5, 5.41) is 10.2. The first kappa shape index (κ1) is 13.3. The van der Waals surface area contributed by atoms with Crippen molar-refractivity contribution in [2.24, 2.45) is 5.73 Å². The number of aromatic nitrogens is 4. The number of nitrogens with two attached hydrogens (primary N) is 1. The number of hydrogen-bond acceptors (Lipinski definition) is 4. The highest BCUT2D eigenvalue weighted by Gasteiger charge is 2.16. The molecule has 0 fully saturated rings. The van der Waals surface area contributed by atoms with E-state index < -0.39 is 6.04 Å². The maximum absolute atomic E-state index is 12.0. The molecule has 3 aromatic rings. The summed E-state index contributed by atoms with van der Waals surface area (Å²) < 4.78 is 0. The van der Waals surface area contributed by atoms with Gasteiger partial charge in [-0.1, -0.05) is 18.2 Å². The minimum Gasteiger partial charge on any atom is -0.361 e. The number of para-hydroxylation sites is 1. The maximum atomic E-state index is 12.0. The number of fused-ring (bicyclic) bond motifs is 1. The van der Waals surface area contributed by atoms with Crippen LogP contribution in [0, 0.1) is 0 Å². The van der Waals surface area contributed by atoms with E-state index in [-0.39, 0.29) is 5.91 Å². The number of carbonyl (C=O) groups is 1. The molecule has 3 rings (SSSR count). The fourth-order valence-corrected chi connectivity index (χ4v) is 2.25. The number of hydrogen-bond donors (Lipinski definition) is 4. The average molecular weight is 284 g/mol. The zero-order valence-corrected chi connectivity index (χ0v) is 11.3. The number of amides is 1. The van der Waals surface area contributed by atoms with Crippen LogP contribution in [0.1, 0.15) is 11.4 Å². The molecule has 0 unspecified atom stereocenters. The fourth-order valence-electron chi connectivity index (χ4n) is 2.25. The Bertz CT molecular complexity index is 733. The van der Waals surface area contributed by atoms with E-state index in [4.69, 9.17) is 5.73 Å². The van der Waals surface area contributed by atoms with Gasteiger partial charge in [-0.15, -0.1) is 0 Å². The molecular weight excluding hydrogens is 268 g/mol. The van der Waals surface area contributed by atoms with Crippen LogP contribution in [0.15, 0.2) is 36.8 Å². The van der Waals surface area contributed by atoms with Gasteiger partial charge < -0.3 is 16.0 Å². The van der Waals surface area contributed by atoms with Gasteiger partial charge in [0.05, 0.1) is 12.6 Å². The summed E-state index contributed by atoms with van der Waals surface area (Å²) in [6.45, 7) is 0.292. The molecule has 2 heterocycles. The van der Waals surface area contributed by atoms with E-state index in [1.165, 1.54) is 6.33 Å². The molecule has 1 atom stereocenters. The Balaban J connectivity index is 1.62. The summed E-state index contributed by atoms with van der Waals surface area (Å²) in [7, 11) is 0. The minimum atomic E-state index is -0.605. The molecule has 1 aromatic carbocycles. The summed E-state index contributed by atoms with van der Waals surface area (Å²) in [5.74, 6) is 0.388. The quantitative estimate of drug-likeness (QED) is 0.545. The lowest BCUT2D eigenvalue weighted by Gasteiger charge is -2.11. The zero-order chi connectivity index (χ0) is 14.7. The van der Waals surface area contributed by atoms with Gasteiger partial charge in [0.1, 0.15) is 12.2 Å². The lowest BCUT2D eigenvalue weighted by atomic mass is 10.1. The summed E-state index contributed by atoms with van der Waals surface area (Å²) in [4.78, 5) is 19.1. The third-order valence-corrected chi connectivity index (χ3v) is 3.35. The van der Waals surface area contributed by atoms with Crippen LogP contribution in [-0.4, -0.2) is 32.1 Å². The second-order valence-corrected chi connectivity index (χ2v) is 4.82. The molecule has 1 amide bonds. The van der Waals surface area contributed by atoms with Crippen LogP contribution >= 0.6 is 0 Å². The number of carbonyl (C=O) groups excluding carboxylic acids is 1. The molecule has 0 aliphatic rings. The van der Waals surface area contributed by atoms with Gasteiger partial charge in [-0.25, -0.2) is 4.98 Å². The first-order valence-corrected chi connectivity index (χ1v) is 6.66. The van der Waals surface area contributed by atoms with Crippen molar-refractivity contribution in [3.05, 3.63) is 48.2 Å². The van der Waals surface area contributed by atoms with Crippen molar-refractivity contribution in [2.75, 3.05) is 0 Å². The number of nitrogens with zero attached hydrogens (tertiary/aromatic N) is 2. The van der Waals surface area contributed by atoms with Crippen LogP contribution in [-0.2, 0) is 17.8 Å². The van der Waals surface area contributed by atoms with E-state index in [0.717, 1.165) is 16.5 Å². The maximum Gasteiger partial charge on any atom is 0.237 e. The molecule has 0 spiro atoms. The fraction of sp³-hybridized carbons (Fsp3) is 0.214. The van der Waals surface area contributed by atoms with Crippen LogP contribution < -0.4 is 11.1 Å². The van der Waals surface area contributed by atoms with E-state index in [1.54, 1.807) is 0 Å². The lowest BCUT2D eigenvalue weighted by molar-refractivity contribution is -0.122. The van der Waals surface area contributed by atoms with Crippen LogP contribution in [0.5, 0.6) is 0 Å². The van der Waals surface area contributed by atoms with E-state index in [0.29, 0.717) is 18.8 Å². The Morgan fingerprint density at radius 3 is 3.05 bits per heavy atom. The van der Waals surface area contributed by atoms with Crippen molar-refractivity contribution in [1.29, 1.82) is 0 Å². The van der Waals surface area contributed by atoms with E-state index in [2.05, 4.69) is 25.5 Å². The predicted octanol–water partition coefficient (Wildman–Crippen LogP) is 0.472. The van der Waals surface area contributed by atoms with Gasteiger partial charge in [0.15, 0.2) is 0 Å². The Morgan fingerprint density at radius 2 is 2.24 bits per heavy atom. The second-order valence-electron chi connectivity index (χ2n) is 4.82. The third-order valence-electron chi connectivity index (χ3n) is 3.35. The summed E-state index contributed by atoms with van der Waals surface area (Å²) in [6, 6.07) is 7.34. The number of nitrogens with one attached hydrogen (secondary N) is 3. The highest BCUT2D eigenvalue weighted by Crippen LogP contribution is 2.18. The molecule has 108 valence electrons. The van der Waals surface area contributed by atoms with E-state index in [1.807, 2.05) is 30.5 Å². The number of aromatic amines is 2. The Kier molecular flexibility index (Phi) is 3.65. The van der Waals surface area contributed by atoms with Gasteiger partial charge in [-0.05, 0) is 18.1 Å². The van der Waals surface area contributed by atoms with Crippen molar-refractivity contribution in [2.45, 2.75) is 19.0 Å². The number of H-pyrrole nitrogens is 2. The predicted molar refractivity (Wildman–Crippen MR) is 78.2 cm³/mol. The average Bonchev–Trinajstić information content (AvgIpc) is 3.15. The molecule has 0 radical (unpaired) electrons.